The summed E-state index contributed by atoms with van der Waals surface area (Å²) in [7, 11) is 0. The summed E-state index contributed by atoms with van der Waals surface area (Å²) in [6.45, 7) is 0.480. The lowest BCUT2D eigenvalue weighted by atomic mass is 9.94. The molecule has 0 bridgehead atoms. The van der Waals surface area contributed by atoms with Crippen LogP contribution >= 0.6 is 11.3 Å². The van der Waals surface area contributed by atoms with Crippen LogP contribution in [-0.4, -0.2) is 12.3 Å². The van der Waals surface area contributed by atoms with Gasteiger partial charge in [0.1, 0.15) is 0 Å². The third-order valence-electron chi connectivity index (χ3n) is 3.45. The Balaban J connectivity index is 2.12. The zero-order chi connectivity index (χ0) is 11.2. The van der Waals surface area contributed by atoms with Gasteiger partial charge in [0.15, 0.2) is 5.78 Å². The zero-order valence-corrected chi connectivity index (χ0v) is 9.72. The van der Waals surface area contributed by atoms with E-state index in [1.165, 1.54) is 0 Å². The van der Waals surface area contributed by atoms with Gasteiger partial charge >= 0.3 is 0 Å². The number of carbonyl (C=O) groups excluding carboxylic acids is 1. The smallest absolute Gasteiger partial charge is 0.171 e. The van der Waals surface area contributed by atoms with Crippen molar-refractivity contribution in [2.45, 2.75) is 12.8 Å². The van der Waals surface area contributed by atoms with Crippen LogP contribution in [0.15, 0.2) is 29.6 Å². The molecule has 2 nitrogen and oxygen atoms in total. The quantitative estimate of drug-likeness (QED) is 0.825. The molecule has 1 aromatic heterocycles. The van der Waals surface area contributed by atoms with E-state index in [2.05, 4.69) is 6.07 Å². The van der Waals surface area contributed by atoms with E-state index >= 15 is 0 Å². The maximum Gasteiger partial charge on any atom is 0.171 e. The molecule has 2 aromatic rings. The van der Waals surface area contributed by atoms with Crippen LogP contribution in [0.1, 0.15) is 23.2 Å². The first-order valence-electron chi connectivity index (χ1n) is 5.48. The summed E-state index contributed by atoms with van der Waals surface area (Å²) in [5, 5.41) is 3.19. The fraction of sp³-hybridized carbons (Fsp3) is 0.308. The molecule has 16 heavy (non-hydrogen) atoms. The van der Waals surface area contributed by atoms with E-state index < -0.39 is 0 Å². The number of ketones is 1. The minimum absolute atomic E-state index is 0.238. The SMILES string of the molecule is NCC1(C(=O)c2cccc3ccsc23)CC1. The minimum atomic E-state index is -0.238. The third-order valence-corrected chi connectivity index (χ3v) is 4.41. The van der Waals surface area contributed by atoms with Gasteiger partial charge in [-0.15, -0.1) is 11.3 Å². The standard InChI is InChI=1S/C13H13NOS/c14-8-13(5-6-13)12(15)10-3-1-2-9-4-7-16-11(9)10/h1-4,7H,5-6,8,14H2. The van der Waals surface area contributed by atoms with Gasteiger partial charge in [0.2, 0.25) is 0 Å². The van der Waals surface area contributed by atoms with E-state index in [1.807, 2.05) is 23.6 Å². The molecule has 1 fully saturated rings. The second-order valence-corrected chi connectivity index (χ2v) is 5.37. The largest absolute Gasteiger partial charge is 0.329 e. The van der Waals surface area contributed by atoms with Crippen molar-refractivity contribution in [2.75, 3.05) is 6.54 Å². The van der Waals surface area contributed by atoms with Gasteiger partial charge in [0.05, 0.1) is 0 Å². The number of hydrogen-bond donors (Lipinski definition) is 1. The van der Waals surface area contributed by atoms with Gasteiger partial charge in [-0.05, 0) is 35.7 Å². The first-order chi connectivity index (χ1) is 7.77. The Hall–Kier alpha value is -1.19. The Labute approximate surface area is 98.1 Å². The first-order valence-corrected chi connectivity index (χ1v) is 6.36. The van der Waals surface area contributed by atoms with Crippen LogP contribution in [0.2, 0.25) is 0 Å². The molecular formula is C13H13NOS. The molecule has 0 atom stereocenters. The Morgan fingerprint density at radius 2 is 2.19 bits per heavy atom. The van der Waals surface area contributed by atoms with Crippen molar-refractivity contribution >= 4 is 27.2 Å². The summed E-state index contributed by atoms with van der Waals surface area (Å²) >= 11 is 1.63. The molecular weight excluding hydrogens is 218 g/mol. The van der Waals surface area contributed by atoms with Crippen LogP contribution in [0, 0.1) is 5.41 Å². The van der Waals surface area contributed by atoms with Crippen LogP contribution in [0.5, 0.6) is 0 Å². The van der Waals surface area contributed by atoms with Crippen LogP contribution < -0.4 is 5.73 Å². The van der Waals surface area contributed by atoms with E-state index in [4.69, 9.17) is 5.73 Å². The number of benzene rings is 1. The maximum atomic E-state index is 12.4. The first kappa shape index (κ1) is 10.00. The van der Waals surface area contributed by atoms with E-state index in [1.54, 1.807) is 11.3 Å². The van der Waals surface area contributed by atoms with Crippen molar-refractivity contribution in [3.8, 4) is 0 Å². The molecule has 1 aliphatic rings. The molecule has 2 N–H and O–H groups in total. The average molecular weight is 231 g/mol. The predicted molar refractivity (Wildman–Crippen MR) is 66.9 cm³/mol. The molecule has 3 heteroatoms. The Morgan fingerprint density at radius 3 is 2.88 bits per heavy atom. The van der Waals surface area contributed by atoms with Crippen molar-refractivity contribution in [2.24, 2.45) is 11.1 Å². The van der Waals surface area contributed by atoms with Crippen LogP contribution in [0.3, 0.4) is 0 Å². The zero-order valence-electron chi connectivity index (χ0n) is 8.90. The van der Waals surface area contributed by atoms with Crippen molar-refractivity contribution in [3.63, 3.8) is 0 Å². The minimum Gasteiger partial charge on any atom is -0.329 e. The van der Waals surface area contributed by atoms with Crippen LogP contribution in [0.25, 0.3) is 10.1 Å². The van der Waals surface area contributed by atoms with Gasteiger partial charge < -0.3 is 5.73 Å². The second kappa shape index (κ2) is 3.40. The van der Waals surface area contributed by atoms with Gasteiger partial charge in [0, 0.05) is 22.2 Å². The summed E-state index contributed by atoms with van der Waals surface area (Å²) < 4.78 is 1.10. The fourth-order valence-corrected chi connectivity index (χ4v) is 3.04. The van der Waals surface area contributed by atoms with Crippen molar-refractivity contribution < 1.29 is 4.79 Å². The molecule has 1 saturated carbocycles. The summed E-state index contributed by atoms with van der Waals surface area (Å²) in [5.74, 6) is 0.239. The van der Waals surface area contributed by atoms with Gasteiger partial charge in [-0.1, -0.05) is 12.1 Å². The Bertz CT molecular complexity index is 554. The highest BCUT2D eigenvalue weighted by atomic mass is 32.1. The van der Waals surface area contributed by atoms with Crippen molar-refractivity contribution in [3.05, 3.63) is 35.2 Å². The Kier molecular flexibility index (Phi) is 2.13. The predicted octanol–water partition coefficient (Wildman–Crippen LogP) is 2.82. The highest BCUT2D eigenvalue weighted by Crippen LogP contribution is 2.48. The molecule has 1 aliphatic carbocycles. The summed E-state index contributed by atoms with van der Waals surface area (Å²) in [6, 6.07) is 7.98. The molecule has 1 aromatic carbocycles. The molecule has 1 heterocycles. The molecule has 0 saturated heterocycles. The Morgan fingerprint density at radius 1 is 1.38 bits per heavy atom. The number of Topliss-reactive ketones (excluding diaryl/α,β-unsaturated/α-hetero) is 1. The number of fused-ring (bicyclic) bond motifs is 1. The molecule has 0 spiro atoms. The van der Waals surface area contributed by atoms with Crippen molar-refractivity contribution in [1.82, 2.24) is 0 Å². The van der Waals surface area contributed by atoms with Gasteiger partial charge in [-0.2, -0.15) is 0 Å². The van der Waals surface area contributed by atoms with Crippen LogP contribution in [-0.2, 0) is 0 Å². The van der Waals surface area contributed by atoms with E-state index in [0.717, 1.165) is 28.5 Å². The number of hydrogen-bond acceptors (Lipinski definition) is 3. The monoisotopic (exact) mass is 231 g/mol. The van der Waals surface area contributed by atoms with Crippen LogP contribution in [0.4, 0.5) is 0 Å². The number of thiophene rings is 1. The van der Waals surface area contributed by atoms with E-state index in [0.29, 0.717) is 6.54 Å². The van der Waals surface area contributed by atoms with Gasteiger partial charge in [-0.3, -0.25) is 4.79 Å². The highest BCUT2D eigenvalue weighted by Gasteiger charge is 2.48. The molecule has 0 amide bonds. The molecule has 0 aliphatic heterocycles. The number of nitrogens with two attached hydrogens (primary N) is 1. The third kappa shape index (κ3) is 1.32. The summed E-state index contributed by atoms with van der Waals surface area (Å²) in [5.41, 5.74) is 6.33. The van der Waals surface area contributed by atoms with E-state index in [9.17, 15) is 4.79 Å². The normalized spacial score (nSPS) is 17.6. The van der Waals surface area contributed by atoms with Gasteiger partial charge in [-0.25, -0.2) is 0 Å². The lowest BCUT2D eigenvalue weighted by Gasteiger charge is -2.11. The highest BCUT2D eigenvalue weighted by molar-refractivity contribution is 7.17. The topological polar surface area (TPSA) is 43.1 Å². The van der Waals surface area contributed by atoms with Crippen molar-refractivity contribution in [1.29, 1.82) is 0 Å². The molecule has 82 valence electrons. The average Bonchev–Trinajstić information content (AvgIpc) is 2.98. The maximum absolute atomic E-state index is 12.4. The number of carbonyl (C=O) groups is 1. The van der Waals surface area contributed by atoms with E-state index in [-0.39, 0.29) is 11.2 Å². The molecule has 3 rings (SSSR count). The summed E-state index contributed by atoms with van der Waals surface area (Å²) in [4.78, 5) is 12.4. The lowest BCUT2D eigenvalue weighted by Crippen LogP contribution is -2.25. The molecule has 0 unspecified atom stereocenters. The summed E-state index contributed by atoms with van der Waals surface area (Å²) in [6.07, 6.45) is 1.90. The molecule has 0 radical (unpaired) electrons. The van der Waals surface area contributed by atoms with Gasteiger partial charge in [0.25, 0.3) is 0 Å². The number of rotatable bonds is 3. The lowest BCUT2D eigenvalue weighted by molar-refractivity contribution is 0.0907. The second-order valence-electron chi connectivity index (χ2n) is 4.46. The fourth-order valence-electron chi connectivity index (χ4n) is 2.13.